The van der Waals surface area contributed by atoms with Crippen LogP contribution in [0.25, 0.3) is 5.82 Å². The highest BCUT2D eigenvalue weighted by Crippen LogP contribution is 2.25. The number of rotatable bonds is 2. The topological polar surface area (TPSA) is 22.8 Å². The molecule has 98 valence electrons. The molecule has 0 spiro atoms. The van der Waals surface area contributed by atoms with Crippen molar-refractivity contribution in [3.05, 3.63) is 35.3 Å². The summed E-state index contributed by atoms with van der Waals surface area (Å²) in [6.45, 7) is 14.0. The Labute approximate surface area is 109 Å². The quantitative estimate of drug-likeness (QED) is 0.792. The average molecular weight is 245 g/mol. The van der Waals surface area contributed by atoms with Gasteiger partial charge in [0.25, 0.3) is 0 Å². The van der Waals surface area contributed by atoms with E-state index in [0.717, 1.165) is 12.4 Å². The van der Waals surface area contributed by atoms with Crippen molar-refractivity contribution in [2.24, 2.45) is 0 Å². The van der Waals surface area contributed by atoms with Gasteiger partial charge in [-0.15, -0.1) is 0 Å². The van der Waals surface area contributed by atoms with E-state index in [4.69, 9.17) is 5.10 Å². The Kier molecular flexibility index (Phi) is 3.09. The van der Waals surface area contributed by atoms with E-state index >= 15 is 0 Å². The van der Waals surface area contributed by atoms with Crippen LogP contribution >= 0.6 is 0 Å². The van der Waals surface area contributed by atoms with E-state index in [9.17, 15) is 0 Å². The van der Waals surface area contributed by atoms with Crippen molar-refractivity contribution in [2.75, 3.05) is 0 Å². The molecule has 2 heterocycles. The molecule has 0 saturated carbocycles. The van der Waals surface area contributed by atoms with E-state index in [1.807, 2.05) is 0 Å². The summed E-state index contributed by atoms with van der Waals surface area (Å²) in [6.07, 6.45) is 0. The lowest BCUT2D eigenvalue weighted by molar-refractivity contribution is 0.497. The van der Waals surface area contributed by atoms with Gasteiger partial charge in [0.2, 0.25) is 0 Å². The number of aromatic nitrogens is 3. The lowest BCUT2D eigenvalue weighted by atomic mass is 9.92. The zero-order chi connectivity index (χ0) is 13.5. The molecule has 18 heavy (non-hydrogen) atoms. The van der Waals surface area contributed by atoms with Crippen LogP contribution in [0.3, 0.4) is 0 Å². The van der Waals surface area contributed by atoms with Crippen LogP contribution in [0.5, 0.6) is 0 Å². The first-order valence-corrected chi connectivity index (χ1v) is 6.58. The van der Waals surface area contributed by atoms with Crippen LogP contribution in [-0.4, -0.2) is 14.3 Å². The van der Waals surface area contributed by atoms with Gasteiger partial charge in [-0.1, -0.05) is 20.8 Å². The Morgan fingerprint density at radius 1 is 1.11 bits per heavy atom. The van der Waals surface area contributed by atoms with E-state index < -0.39 is 0 Å². The zero-order valence-corrected chi connectivity index (χ0v) is 12.3. The largest absolute Gasteiger partial charge is 0.302 e. The summed E-state index contributed by atoms with van der Waals surface area (Å²) in [5, 5.41) is 4.74. The maximum absolute atomic E-state index is 4.74. The Morgan fingerprint density at radius 3 is 2.06 bits per heavy atom. The Morgan fingerprint density at radius 2 is 1.67 bits per heavy atom. The molecule has 2 aromatic rings. The molecule has 0 aliphatic heterocycles. The summed E-state index contributed by atoms with van der Waals surface area (Å²) >= 11 is 0. The molecule has 0 unspecified atom stereocenters. The van der Waals surface area contributed by atoms with E-state index in [1.165, 1.54) is 17.1 Å². The fourth-order valence-corrected chi connectivity index (χ4v) is 2.39. The van der Waals surface area contributed by atoms with E-state index in [-0.39, 0.29) is 5.41 Å². The molecule has 2 rings (SSSR count). The van der Waals surface area contributed by atoms with Crippen molar-refractivity contribution in [1.82, 2.24) is 14.3 Å². The van der Waals surface area contributed by atoms with Crippen LogP contribution in [0.2, 0.25) is 0 Å². The van der Waals surface area contributed by atoms with Gasteiger partial charge in [0.05, 0.1) is 0 Å². The number of hydrogen-bond acceptors (Lipinski definition) is 1. The summed E-state index contributed by atoms with van der Waals surface area (Å²) in [4.78, 5) is 0. The van der Waals surface area contributed by atoms with Crippen LogP contribution in [0, 0.1) is 13.8 Å². The maximum Gasteiger partial charge on any atom is 0.159 e. The minimum atomic E-state index is 0.121. The van der Waals surface area contributed by atoms with Gasteiger partial charge in [-0.3, -0.25) is 4.68 Å². The van der Waals surface area contributed by atoms with Gasteiger partial charge in [-0.05, 0) is 32.9 Å². The predicted octanol–water partition coefficient (Wildman–Crippen LogP) is 3.61. The van der Waals surface area contributed by atoms with E-state index in [0.29, 0.717) is 0 Å². The third-order valence-electron chi connectivity index (χ3n) is 3.34. The van der Waals surface area contributed by atoms with Gasteiger partial charge < -0.3 is 4.57 Å². The van der Waals surface area contributed by atoms with Crippen molar-refractivity contribution in [3.8, 4) is 5.82 Å². The highest BCUT2D eigenvalue weighted by molar-refractivity contribution is 5.34. The fourth-order valence-electron chi connectivity index (χ4n) is 2.39. The molecule has 0 aliphatic carbocycles. The van der Waals surface area contributed by atoms with Gasteiger partial charge in [-0.25, -0.2) is 0 Å². The van der Waals surface area contributed by atoms with Gasteiger partial charge in [-0.2, -0.15) is 5.10 Å². The van der Waals surface area contributed by atoms with Crippen molar-refractivity contribution < 1.29 is 0 Å². The van der Waals surface area contributed by atoms with Crippen LogP contribution in [0.4, 0.5) is 0 Å². The van der Waals surface area contributed by atoms with Crippen LogP contribution in [-0.2, 0) is 12.0 Å². The molecule has 0 fully saturated rings. The molecule has 0 saturated heterocycles. The standard InChI is InChI=1S/C15H23N3/c1-7-17-13(15(4,5)6)10-14(16-17)18-11(2)8-9-12(18)3/h8-10H,7H2,1-6H3. The van der Waals surface area contributed by atoms with Crippen LogP contribution in [0.15, 0.2) is 18.2 Å². The molecule has 0 bridgehead atoms. The molecule has 0 aliphatic rings. The van der Waals surface area contributed by atoms with Gasteiger partial charge in [0.15, 0.2) is 5.82 Å². The molecule has 0 N–H and O–H groups in total. The van der Waals surface area contributed by atoms with Gasteiger partial charge in [0, 0.05) is 35.1 Å². The van der Waals surface area contributed by atoms with Crippen molar-refractivity contribution in [2.45, 2.75) is 53.5 Å². The van der Waals surface area contributed by atoms with E-state index in [1.54, 1.807) is 0 Å². The second-order valence-corrected chi connectivity index (χ2v) is 5.91. The normalized spacial score (nSPS) is 12.1. The first-order valence-electron chi connectivity index (χ1n) is 6.58. The summed E-state index contributed by atoms with van der Waals surface area (Å²) in [6, 6.07) is 6.48. The van der Waals surface area contributed by atoms with Crippen LogP contribution in [0.1, 0.15) is 44.8 Å². The zero-order valence-electron chi connectivity index (χ0n) is 12.3. The molecule has 3 heteroatoms. The summed E-state index contributed by atoms with van der Waals surface area (Å²) in [5.41, 5.74) is 3.87. The lowest BCUT2D eigenvalue weighted by Gasteiger charge is -2.19. The predicted molar refractivity (Wildman–Crippen MR) is 75.4 cm³/mol. The SMILES string of the molecule is CCn1nc(-n2c(C)ccc2C)cc1C(C)(C)C. The minimum Gasteiger partial charge on any atom is -0.302 e. The van der Waals surface area contributed by atoms with Crippen LogP contribution < -0.4 is 0 Å². The summed E-state index contributed by atoms with van der Waals surface area (Å²) in [7, 11) is 0. The Hall–Kier alpha value is -1.51. The maximum atomic E-state index is 4.74. The lowest BCUT2D eigenvalue weighted by Crippen LogP contribution is -2.17. The molecule has 0 atom stereocenters. The third kappa shape index (κ3) is 2.09. The minimum absolute atomic E-state index is 0.121. The number of nitrogens with zero attached hydrogens (tertiary/aromatic N) is 3. The molecule has 3 nitrogen and oxygen atoms in total. The third-order valence-corrected chi connectivity index (χ3v) is 3.34. The smallest absolute Gasteiger partial charge is 0.159 e. The summed E-state index contributed by atoms with van der Waals surface area (Å²) in [5.74, 6) is 1.03. The fraction of sp³-hybridized carbons (Fsp3) is 0.533. The number of aryl methyl sites for hydroxylation is 3. The molecular weight excluding hydrogens is 222 g/mol. The highest BCUT2D eigenvalue weighted by atomic mass is 15.3. The second kappa shape index (κ2) is 4.30. The first kappa shape index (κ1) is 12.9. The molecule has 0 radical (unpaired) electrons. The van der Waals surface area contributed by atoms with Crippen molar-refractivity contribution in [3.63, 3.8) is 0 Å². The molecule has 0 aromatic carbocycles. The van der Waals surface area contributed by atoms with E-state index in [2.05, 4.69) is 69.0 Å². The Balaban J connectivity index is 2.58. The Bertz CT molecular complexity index is 533. The van der Waals surface area contributed by atoms with Gasteiger partial charge >= 0.3 is 0 Å². The summed E-state index contributed by atoms with van der Waals surface area (Å²) < 4.78 is 4.32. The first-order chi connectivity index (χ1) is 8.34. The molecule has 2 aromatic heterocycles. The second-order valence-electron chi connectivity index (χ2n) is 5.91. The highest BCUT2D eigenvalue weighted by Gasteiger charge is 2.21. The molecule has 0 amide bonds. The van der Waals surface area contributed by atoms with Crippen molar-refractivity contribution >= 4 is 0 Å². The van der Waals surface area contributed by atoms with Crippen molar-refractivity contribution in [1.29, 1.82) is 0 Å². The van der Waals surface area contributed by atoms with Gasteiger partial charge in [0.1, 0.15) is 0 Å². The monoisotopic (exact) mass is 245 g/mol. The average Bonchev–Trinajstić information content (AvgIpc) is 2.82. The number of hydrogen-bond donors (Lipinski definition) is 0. The molecular formula is C15H23N3.